The Hall–Kier alpha value is -6.60. The van der Waals surface area contributed by atoms with E-state index in [9.17, 15) is 84.5 Å². The first kappa shape index (κ1) is 72.5. The minimum atomic E-state index is -2.54. The van der Waals surface area contributed by atoms with Crippen LogP contribution in [0.1, 0.15) is 87.7 Å². The molecule has 3 fully saturated rings. The van der Waals surface area contributed by atoms with Gasteiger partial charge in [0.05, 0.1) is 48.4 Å². The summed E-state index contributed by atoms with van der Waals surface area (Å²) < 4.78 is 14.9. The number of benzene rings is 3. The predicted octanol–water partition coefficient (Wildman–Crippen LogP) is -5.37. The van der Waals surface area contributed by atoms with Gasteiger partial charge < -0.3 is 97.1 Å². The summed E-state index contributed by atoms with van der Waals surface area (Å²) in [6, 6.07) is 4.36. The van der Waals surface area contributed by atoms with Gasteiger partial charge in [0.25, 0.3) is 18.2 Å². The number of aromatic nitrogens is 1. The van der Waals surface area contributed by atoms with Crippen LogP contribution < -0.4 is 76.1 Å². The molecule has 484 valence electrons. The van der Waals surface area contributed by atoms with Crippen molar-refractivity contribution >= 4 is 70.9 Å². The minimum absolute atomic E-state index is 0. The maximum absolute atomic E-state index is 14.7. The van der Waals surface area contributed by atoms with E-state index in [-0.39, 0.29) is 53.0 Å². The molecule has 8 amide bonds. The van der Waals surface area contributed by atoms with E-state index in [1.807, 2.05) is 24.3 Å². The molecule has 3 aliphatic heterocycles. The topological polar surface area (TPSA) is 464 Å². The van der Waals surface area contributed by atoms with Crippen molar-refractivity contribution in [3.05, 3.63) is 84.1 Å². The first-order chi connectivity index (χ1) is 42.4. The number of aliphatic hydroxyl groups excluding tert-OH is 7. The molecule has 30 nitrogen and oxygen atoms in total. The number of carbonyl (C=O) groups is 8. The fraction of sp³-hybridized carbons (Fsp3) is 0.491. The normalized spacial score (nSPS) is 25.1. The molecule has 90 heavy (non-hydrogen) atoms. The monoisotopic (exact) mass is 1310 g/mol. The van der Waals surface area contributed by atoms with Gasteiger partial charge in [-0.1, -0.05) is 51.3 Å². The quantitative estimate of drug-likeness (QED) is 0.0122. The molecule has 3 saturated heterocycles. The Morgan fingerprint density at radius 2 is 1.49 bits per heavy atom. The van der Waals surface area contributed by atoms with E-state index in [0.29, 0.717) is 12.2 Å². The number of nitrogens with one attached hydrogen (secondary N) is 5. The second-order valence-corrected chi connectivity index (χ2v) is 23.4. The largest absolute Gasteiger partial charge is 1.00 e. The standard InChI is InChI=1S/C57H73N9O21S2.Na/c1-4-5-6-7-18-84-35-15-12-31(13-16-35)55-60-24-41(88-55)29-8-10-30(11-9-29)50(76)61-36-20-33(68)23-59-54(80)46-47(73)27(2)25-66(46)57(82)44(39(71)22-42(58)72)63-53(79)45(49(75)48(74)32-14-17-38(70)40(19-32)85-89-87-86-83)64-52(78)37-21-34(69)26-65(37)56(81)43(28(3)67)62-51(36)77;/h8-17,19,24,27-28,33-34,36-37,39,43-49,67-71,73-75,83H,4-7,18,20-23,25-26H2,1-3H3,(H2,58,72)(H,59,80)(H,61,76)(H,62,77)(H,63,79)(H,64,78);/q;+1/p-1. The van der Waals surface area contributed by atoms with Gasteiger partial charge in [-0.2, -0.15) is 0 Å². The predicted molar refractivity (Wildman–Crippen MR) is 311 cm³/mol. The number of nitrogens with two attached hydrogens (primary N) is 1. The van der Waals surface area contributed by atoms with Crippen molar-refractivity contribution in [1.82, 2.24) is 41.4 Å². The summed E-state index contributed by atoms with van der Waals surface area (Å²) in [6.07, 6.45) is -10.2. The average molecular weight is 1310 g/mol. The van der Waals surface area contributed by atoms with E-state index in [1.54, 1.807) is 18.3 Å². The van der Waals surface area contributed by atoms with Crippen molar-refractivity contribution in [2.75, 3.05) is 26.2 Å². The molecule has 4 heterocycles. The van der Waals surface area contributed by atoms with Gasteiger partial charge in [0.15, 0.2) is 11.5 Å². The van der Waals surface area contributed by atoms with Crippen molar-refractivity contribution in [2.24, 2.45) is 11.7 Å². The van der Waals surface area contributed by atoms with E-state index < -0.39 is 183 Å². The van der Waals surface area contributed by atoms with Gasteiger partial charge in [-0.15, -0.1) is 15.7 Å². The Morgan fingerprint density at radius 3 is 2.16 bits per heavy atom. The van der Waals surface area contributed by atoms with Crippen molar-refractivity contribution in [3.8, 4) is 38.3 Å². The molecule has 14 atom stereocenters. The molecule has 0 saturated carbocycles. The Labute approximate surface area is 546 Å². The van der Waals surface area contributed by atoms with Gasteiger partial charge in [-0.05, 0) is 73.0 Å². The molecule has 15 N–H and O–H groups in total. The number of thiazole rings is 1. The van der Waals surface area contributed by atoms with E-state index in [1.165, 1.54) is 30.4 Å². The molecule has 4 aromatic rings. The number of amides is 8. The number of fused-ring (bicyclic) bond motifs is 2. The molecule has 0 radical (unpaired) electrons. The molecule has 0 aliphatic carbocycles. The van der Waals surface area contributed by atoms with Crippen LogP contribution in [0.5, 0.6) is 17.2 Å². The second-order valence-electron chi connectivity index (χ2n) is 21.9. The number of phenols is 1. The molecule has 3 aromatic carbocycles. The Balaban J connectivity index is 0.0000129. The van der Waals surface area contributed by atoms with Crippen molar-refractivity contribution < 1.29 is 132 Å². The number of β-amino-alcohol motifs (C(OH)–C–C–N with tert-alkyl or cyclic N) is 1. The maximum atomic E-state index is 14.7. The second kappa shape index (κ2) is 33.6. The molecule has 33 heteroatoms. The van der Waals surface area contributed by atoms with E-state index in [4.69, 9.17) is 14.7 Å². The van der Waals surface area contributed by atoms with Crippen LogP contribution in [-0.4, -0.2) is 202 Å². The number of carbonyl (C=O) groups excluding carboxylic acids is 8. The summed E-state index contributed by atoms with van der Waals surface area (Å²) >= 11 is 1.31. The van der Waals surface area contributed by atoms with Crippen LogP contribution in [0.25, 0.3) is 21.0 Å². The number of phenolic OH excluding ortho intramolecular Hbond substituents is 1. The third-order valence-corrected chi connectivity index (χ3v) is 16.7. The number of aromatic hydroxyl groups is 1. The summed E-state index contributed by atoms with van der Waals surface area (Å²) in [5.74, 6) is -11.2. The van der Waals surface area contributed by atoms with Crippen LogP contribution >= 0.6 is 23.7 Å². The molecule has 14 unspecified atom stereocenters. The third-order valence-electron chi connectivity index (χ3n) is 15.2. The van der Waals surface area contributed by atoms with Gasteiger partial charge in [0.1, 0.15) is 59.2 Å². The summed E-state index contributed by atoms with van der Waals surface area (Å²) in [6.45, 7) is 3.45. The number of hydrogen-bond acceptors (Lipinski definition) is 24. The first-order valence-electron chi connectivity index (χ1n) is 28.5. The summed E-state index contributed by atoms with van der Waals surface area (Å²) in [5.41, 5.74) is 6.57. The molecule has 1 aromatic heterocycles. The van der Waals surface area contributed by atoms with E-state index in [0.717, 1.165) is 81.8 Å². The van der Waals surface area contributed by atoms with E-state index in [2.05, 4.69) is 47.9 Å². The maximum Gasteiger partial charge on any atom is 1.00 e. The molecule has 3 aliphatic rings. The fourth-order valence-corrected chi connectivity index (χ4v) is 11.6. The van der Waals surface area contributed by atoms with Crippen molar-refractivity contribution in [2.45, 2.75) is 145 Å². The number of hydrogen-bond donors (Lipinski definition) is 14. The van der Waals surface area contributed by atoms with Crippen LogP contribution in [-0.2, 0) is 42.9 Å². The minimum Gasteiger partial charge on any atom is -0.691 e. The molecule has 0 spiro atoms. The number of primary amides is 1. The molecular weight excluding hydrogens is 1230 g/mol. The Bertz CT molecular complexity index is 3130. The van der Waals surface area contributed by atoms with Crippen LogP contribution in [0.15, 0.2) is 72.9 Å². The SMILES string of the molecule is CCCCCCOc1ccc(-c2ncc(-c3ccc(C(=O)NC4CC(O)CNC(=O)C5C(O)C(C)CN5C(=O)C(C(O)CC(N)=O)NC(=O)C(C(O)C(O)c5ccc(O)c(OSOO[O-])c5)NC(=O)C5CC(O)CN5C(=O)C(C(C)O)NC4=O)cc3)s2)cc1.[Na+]. The van der Waals surface area contributed by atoms with Gasteiger partial charge in [-0.3, -0.25) is 43.4 Å². The zero-order valence-corrected chi connectivity index (χ0v) is 53.0. The zero-order chi connectivity index (χ0) is 64.8. The first-order valence-corrected chi connectivity index (χ1v) is 30.0. The molecule has 7 rings (SSSR count). The number of unbranched alkanes of at least 4 members (excludes halogenated alkanes) is 3. The smallest absolute Gasteiger partial charge is 0.691 e. The summed E-state index contributed by atoms with van der Waals surface area (Å²) in [5, 5.41) is 116. The Kier molecular flexibility index (Phi) is 27.1. The third kappa shape index (κ3) is 18.6. The zero-order valence-electron chi connectivity index (χ0n) is 49.4. The van der Waals surface area contributed by atoms with E-state index >= 15 is 0 Å². The number of nitrogens with zero attached hydrogens (tertiary/aromatic N) is 3. The van der Waals surface area contributed by atoms with Gasteiger partial charge in [0, 0.05) is 55.7 Å². The van der Waals surface area contributed by atoms with Crippen LogP contribution in [0.3, 0.4) is 0 Å². The number of aliphatic hydroxyl groups is 7. The van der Waals surface area contributed by atoms with Gasteiger partial charge in [-0.25, -0.2) is 4.98 Å². The number of ether oxygens (including phenoxy) is 1. The van der Waals surface area contributed by atoms with Crippen LogP contribution in [0.4, 0.5) is 0 Å². The average Bonchev–Trinajstić information content (AvgIpc) is 2.25. The molecular formula is C57H72N9NaO21S2. The van der Waals surface area contributed by atoms with Crippen molar-refractivity contribution in [3.63, 3.8) is 0 Å². The summed E-state index contributed by atoms with van der Waals surface area (Å²) in [4.78, 5) is 120. The van der Waals surface area contributed by atoms with Gasteiger partial charge in [0.2, 0.25) is 41.4 Å². The van der Waals surface area contributed by atoms with Crippen LogP contribution in [0.2, 0.25) is 0 Å². The van der Waals surface area contributed by atoms with Crippen LogP contribution in [0, 0.1) is 5.92 Å². The molecule has 0 bridgehead atoms. The van der Waals surface area contributed by atoms with Gasteiger partial charge >= 0.3 is 29.6 Å². The fourth-order valence-electron chi connectivity index (χ4n) is 10.4. The van der Waals surface area contributed by atoms with Crippen molar-refractivity contribution in [1.29, 1.82) is 0 Å². The number of rotatable bonds is 21. The summed E-state index contributed by atoms with van der Waals surface area (Å²) in [7, 11) is 0. The Morgan fingerprint density at radius 1 is 0.822 bits per heavy atom.